The second kappa shape index (κ2) is 5.85. The molecule has 0 aromatic carbocycles. The Bertz CT molecular complexity index is 463. The molecule has 0 spiro atoms. The molecular weight excluding hydrogens is 246 g/mol. The van der Waals surface area contributed by atoms with Gasteiger partial charge in [0.05, 0.1) is 5.75 Å². The van der Waals surface area contributed by atoms with Gasteiger partial charge in [-0.25, -0.2) is 14.6 Å². The Hall–Kier alpha value is -2.09. The van der Waals surface area contributed by atoms with Crippen molar-refractivity contribution in [1.82, 2.24) is 10.3 Å². The summed E-state index contributed by atoms with van der Waals surface area (Å²) in [6, 6.07) is 1.98. The zero-order chi connectivity index (χ0) is 12.8. The van der Waals surface area contributed by atoms with Crippen molar-refractivity contribution in [2.75, 3.05) is 5.75 Å². The number of carboxylic acids is 1. The molecule has 0 atom stereocenters. The molecule has 0 radical (unpaired) electrons. The van der Waals surface area contributed by atoms with Crippen LogP contribution in [0, 0.1) is 0 Å². The van der Waals surface area contributed by atoms with E-state index in [-0.39, 0.29) is 11.4 Å². The largest absolute Gasteiger partial charge is 0.477 e. The molecule has 0 aliphatic carbocycles. The van der Waals surface area contributed by atoms with Crippen LogP contribution in [0.4, 0.5) is 4.79 Å². The first-order valence-electron chi connectivity index (χ1n) is 4.40. The number of carboxylic acid groups (broad SMARTS) is 1. The molecule has 1 heterocycles. The van der Waals surface area contributed by atoms with E-state index in [0.29, 0.717) is 4.90 Å². The zero-order valence-electron chi connectivity index (χ0n) is 8.54. The van der Waals surface area contributed by atoms with E-state index in [1.54, 1.807) is 6.07 Å². The summed E-state index contributed by atoms with van der Waals surface area (Å²) in [7, 11) is 0. The summed E-state index contributed by atoms with van der Waals surface area (Å²) >= 11 is 1.08. The maximum Gasteiger partial charge on any atom is 0.354 e. The van der Waals surface area contributed by atoms with Gasteiger partial charge in [-0.3, -0.25) is 10.1 Å². The minimum absolute atomic E-state index is 0.0357. The number of nitrogens with zero attached hydrogens (tertiary/aromatic N) is 1. The zero-order valence-corrected chi connectivity index (χ0v) is 9.36. The Morgan fingerprint density at radius 2 is 2.18 bits per heavy atom. The summed E-state index contributed by atoms with van der Waals surface area (Å²) < 4.78 is 0. The molecule has 0 saturated carbocycles. The molecule has 0 unspecified atom stereocenters. The number of imide groups is 1. The van der Waals surface area contributed by atoms with Crippen molar-refractivity contribution in [1.29, 1.82) is 0 Å². The van der Waals surface area contributed by atoms with Gasteiger partial charge in [0.2, 0.25) is 5.91 Å². The number of aromatic nitrogens is 1. The Morgan fingerprint density at radius 1 is 1.47 bits per heavy atom. The first kappa shape index (κ1) is 13.0. The van der Waals surface area contributed by atoms with Crippen LogP contribution in [-0.4, -0.2) is 33.8 Å². The highest BCUT2D eigenvalue weighted by atomic mass is 32.2. The van der Waals surface area contributed by atoms with Crippen LogP contribution in [-0.2, 0) is 4.79 Å². The van der Waals surface area contributed by atoms with Crippen molar-refractivity contribution < 1.29 is 19.5 Å². The molecule has 3 amide bonds. The molecule has 1 aromatic heterocycles. The number of hydrogen-bond acceptors (Lipinski definition) is 5. The minimum atomic E-state index is -1.14. The molecule has 7 nitrogen and oxygen atoms in total. The van der Waals surface area contributed by atoms with Gasteiger partial charge in [0.25, 0.3) is 0 Å². The van der Waals surface area contributed by atoms with Gasteiger partial charge in [0, 0.05) is 11.1 Å². The quantitative estimate of drug-likeness (QED) is 0.654. The van der Waals surface area contributed by atoms with Gasteiger partial charge in [0.15, 0.2) is 0 Å². The number of primary amides is 1. The second-order valence-electron chi connectivity index (χ2n) is 2.88. The fraction of sp³-hybridized carbons (Fsp3) is 0.111. The number of carbonyl (C=O) groups excluding carboxylic acids is 2. The Labute approximate surface area is 100 Å². The molecule has 0 aliphatic rings. The number of carbonyl (C=O) groups is 3. The minimum Gasteiger partial charge on any atom is -0.477 e. The molecule has 17 heavy (non-hydrogen) atoms. The summed E-state index contributed by atoms with van der Waals surface area (Å²) in [6.07, 6.45) is 1.33. The fourth-order valence-electron chi connectivity index (χ4n) is 0.940. The van der Waals surface area contributed by atoms with Crippen molar-refractivity contribution in [3.63, 3.8) is 0 Å². The average molecular weight is 255 g/mol. The summed E-state index contributed by atoms with van der Waals surface area (Å²) in [5, 5.41) is 10.6. The summed E-state index contributed by atoms with van der Waals surface area (Å²) in [5.41, 5.74) is 4.65. The SMILES string of the molecule is NC(=O)NC(=O)CSc1ccnc(C(=O)O)c1. The van der Waals surface area contributed by atoms with Crippen LogP contribution in [0.25, 0.3) is 0 Å². The van der Waals surface area contributed by atoms with Gasteiger partial charge >= 0.3 is 12.0 Å². The molecule has 4 N–H and O–H groups in total. The first-order chi connectivity index (χ1) is 7.99. The topological polar surface area (TPSA) is 122 Å². The van der Waals surface area contributed by atoms with Crippen molar-refractivity contribution in [3.8, 4) is 0 Å². The maximum absolute atomic E-state index is 11.1. The molecule has 8 heteroatoms. The summed E-state index contributed by atoms with van der Waals surface area (Å²) in [5.74, 6) is -1.73. The van der Waals surface area contributed by atoms with E-state index in [1.165, 1.54) is 12.3 Å². The van der Waals surface area contributed by atoms with E-state index in [2.05, 4.69) is 4.98 Å². The highest BCUT2D eigenvalue weighted by molar-refractivity contribution is 8.00. The third kappa shape index (κ3) is 4.51. The molecule has 0 aliphatic heterocycles. The van der Waals surface area contributed by atoms with Crippen LogP contribution in [0.1, 0.15) is 10.5 Å². The van der Waals surface area contributed by atoms with Crippen LogP contribution in [0.3, 0.4) is 0 Å². The monoisotopic (exact) mass is 255 g/mol. The number of urea groups is 1. The van der Waals surface area contributed by atoms with Crippen molar-refractivity contribution in [2.45, 2.75) is 4.90 Å². The van der Waals surface area contributed by atoms with E-state index >= 15 is 0 Å². The number of thioether (sulfide) groups is 1. The summed E-state index contributed by atoms with van der Waals surface area (Å²) in [4.78, 5) is 36.3. The predicted octanol–water partition coefficient (Wildman–Crippen LogP) is 0.0668. The third-order valence-corrected chi connectivity index (χ3v) is 2.58. The lowest BCUT2D eigenvalue weighted by Gasteiger charge is -2.02. The smallest absolute Gasteiger partial charge is 0.354 e. The summed E-state index contributed by atoms with van der Waals surface area (Å²) in [6.45, 7) is 0. The highest BCUT2D eigenvalue weighted by Crippen LogP contribution is 2.17. The number of aromatic carboxylic acids is 1. The van der Waals surface area contributed by atoms with Gasteiger partial charge in [-0.05, 0) is 12.1 Å². The lowest BCUT2D eigenvalue weighted by molar-refractivity contribution is -0.117. The van der Waals surface area contributed by atoms with Gasteiger partial charge in [-0.2, -0.15) is 0 Å². The van der Waals surface area contributed by atoms with E-state index in [0.717, 1.165) is 11.8 Å². The van der Waals surface area contributed by atoms with Crippen LogP contribution in [0.5, 0.6) is 0 Å². The lowest BCUT2D eigenvalue weighted by atomic mass is 10.3. The molecule has 1 rings (SSSR count). The van der Waals surface area contributed by atoms with Gasteiger partial charge < -0.3 is 10.8 Å². The van der Waals surface area contributed by atoms with E-state index in [9.17, 15) is 14.4 Å². The first-order valence-corrected chi connectivity index (χ1v) is 5.39. The second-order valence-corrected chi connectivity index (χ2v) is 3.93. The maximum atomic E-state index is 11.1. The van der Waals surface area contributed by atoms with Crippen molar-refractivity contribution in [2.24, 2.45) is 5.73 Å². The van der Waals surface area contributed by atoms with Crippen molar-refractivity contribution in [3.05, 3.63) is 24.0 Å². The van der Waals surface area contributed by atoms with Crippen LogP contribution < -0.4 is 11.1 Å². The number of pyridine rings is 1. The van der Waals surface area contributed by atoms with Crippen molar-refractivity contribution >= 4 is 29.7 Å². The van der Waals surface area contributed by atoms with Gasteiger partial charge in [-0.15, -0.1) is 11.8 Å². The average Bonchev–Trinajstić information content (AvgIpc) is 2.26. The highest BCUT2D eigenvalue weighted by Gasteiger charge is 2.08. The Balaban J connectivity index is 2.57. The molecule has 0 fully saturated rings. The normalized spacial score (nSPS) is 9.65. The van der Waals surface area contributed by atoms with Crippen LogP contribution >= 0.6 is 11.8 Å². The van der Waals surface area contributed by atoms with E-state index in [1.807, 2.05) is 5.32 Å². The molecular formula is C9H9N3O4S. The number of hydrogen-bond donors (Lipinski definition) is 3. The standard InChI is InChI=1S/C9H9N3O4S/c10-9(16)12-7(13)4-17-5-1-2-11-6(3-5)8(14)15/h1-3H,4H2,(H,14,15)(H3,10,12,13,16). The van der Waals surface area contributed by atoms with Crippen LogP contribution in [0.15, 0.2) is 23.2 Å². The number of nitrogens with two attached hydrogens (primary N) is 1. The predicted molar refractivity (Wildman–Crippen MR) is 59.6 cm³/mol. The van der Waals surface area contributed by atoms with Gasteiger partial charge in [0.1, 0.15) is 5.69 Å². The van der Waals surface area contributed by atoms with Gasteiger partial charge in [-0.1, -0.05) is 0 Å². The Morgan fingerprint density at radius 3 is 2.76 bits per heavy atom. The number of nitrogens with one attached hydrogen (secondary N) is 1. The third-order valence-electron chi connectivity index (χ3n) is 1.58. The molecule has 90 valence electrons. The molecule has 1 aromatic rings. The van der Waals surface area contributed by atoms with Crippen LogP contribution in [0.2, 0.25) is 0 Å². The lowest BCUT2D eigenvalue weighted by Crippen LogP contribution is -2.36. The fourth-order valence-corrected chi connectivity index (χ4v) is 1.66. The van der Waals surface area contributed by atoms with E-state index < -0.39 is 17.9 Å². The number of amides is 3. The Kier molecular flexibility index (Phi) is 4.46. The van der Waals surface area contributed by atoms with E-state index in [4.69, 9.17) is 10.8 Å². The number of rotatable bonds is 4. The molecule has 0 saturated heterocycles. The molecule has 0 bridgehead atoms.